The van der Waals surface area contributed by atoms with E-state index in [4.69, 9.17) is 9.47 Å². The van der Waals surface area contributed by atoms with Crippen molar-refractivity contribution >= 4 is 17.2 Å². The standard InChI is InChI=1S/C21H21FN2O3S/c1-13-19(10-11-23-20(25)14-4-7-16(22)8-5-14)28-21(24-13)15-6-9-17(26-2)18(12-15)27-3/h4-9,12H,10-11H2,1-3H3,(H,23,25). The summed E-state index contributed by atoms with van der Waals surface area (Å²) in [5.41, 5.74) is 2.33. The van der Waals surface area contributed by atoms with Crippen molar-refractivity contribution in [2.24, 2.45) is 0 Å². The predicted octanol–water partition coefficient (Wildman–Crippen LogP) is 4.25. The molecule has 1 N–H and O–H groups in total. The number of nitrogens with one attached hydrogen (secondary N) is 1. The number of amides is 1. The summed E-state index contributed by atoms with van der Waals surface area (Å²) in [4.78, 5) is 17.9. The normalized spacial score (nSPS) is 10.6. The highest BCUT2D eigenvalue weighted by molar-refractivity contribution is 7.15. The van der Waals surface area contributed by atoms with Crippen LogP contribution in [0.1, 0.15) is 20.9 Å². The van der Waals surface area contributed by atoms with E-state index in [1.807, 2.05) is 25.1 Å². The highest BCUT2D eigenvalue weighted by atomic mass is 32.1. The second-order valence-electron chi connectivity index (χ2n) is 6.11. The Kier molecular flexibility index (Phi) is 6.26. The van der Waals surface area contributed by atoms with Crippen molar-refractivity contribution in [1.82, 2.24) is 10.3 Å². The fourth-order valence-electron chi connectivity index (χ4n) is 2.75. The number of nitrogens with zero attached hydrogens (tertiary/aromatic N) is 1. The van der Waals surface area contributed by atoms with Gasteiger partial charge in [-0.1, -0.05) is 0 Å². The van der Waals surface area contributed by atoms with Gasteiger partial charge in [-0.2, -0.15) is 0 Å². The largest absolute Gasteiger partial charge is 0.493 e. The number of rotatable bonds is 7. The molecule has 0 atom stereocenters. The van der Waals surface area contributed by atoms with Crippen LogP contribution in [-0.2, 0) is 6.42 Å². The molecular formula is C21H21FN2O3S. The lowest BCUT2D eigenvalue weighted by molar-refractivity contribution is 0.0954. The highest BCUT2D eigenvalue weighted by Crippen LogP contribution is 2.35. The topological polar surface area (TPSA) is 60.5 Å². The second-order valence-corrected chi connectivity index (χ2v) is 7.19. The van der Waals surface area contributed by atoms with Gasteiger partial charge in [-0.3, -0.25) is 4.79 Å². The summed E-state index contributed by atoms with van der Waals surface area (Å²) >= 11 is 1.59. The molecule has 7 heteroatoms. The van der Waals surface area contributed by atoms with Gasteiger partial charge >= 0.3 is 0 Å². The number of carbonyl (C=O) groups is 1. The SMILES string of the molecule is COc1ccc(-c2nc(C)c(CCNC(=O)c3ccc(F)cc3)s2)cc1OC. The Morgan fingerprint density at radius 1 is 1.11 bits per heavy atom. The van der Waals surface area contributed by atoms with E-state index in [2.05, 4.69) is 10.3 Å². The van der Waals surface area contributed by atoms with E-state index in [0.29, 0.717) is 30.0 Å². The molecule has 1 amide bonds. The molecule has 0 aliphatic heterocycles. The van der Waals surface area contributed by atoms with Crippen LogP contribution in [0.3, 0.4) is 0 Å². The molecule has 5 nitrogen and oxygen atoms in total. The number of hydrogen-bond donors (Lipinski definition) is 1. The fourth-order valence-corrected chi connectivity index (χ4v) is 3.80. The number of methoxy groups -OCH3 is 2. The summed E-state index contributed by atoms with van der Waals surface area (Å²) in [6.07, 6.45) is 0.670. The molecule has 0 saturated carbocycles. The Morgan fingerprint density at radius 2 is 1.82 bits per heavy atom. The summed E-state index contributed by atoms with van der Waals surface area (Å²) in [6.45, 7) is 2.43. The van der Waals surface area contributed by atoms with Crippen LogP contribution in [0.2, 0.25) is 0 Å². The molecule has 3 aromatic rings. The monoisotopic (exact) mass is 400 g/mol. The maximum absolute atomic E-state index is 12.9. The third-order valence-corrected chi connectivity index (χ3v) is 5.53. The molecule has 1 heterocycles. The van der Waals surface area contributed by atoms with Crippen molar-refractivity contribution in [1.29, 1.82) is 0 Å². The molecule has 0 bridgehead atoms. The van der Waals surface area contributed by atoms with Gasteiger partial charge in [0.25, 0.3) is 5.91 Å². The van der Waals surface area contributed by atoms with Crippen LogP contribution in [0.25, 0.3) is 10.6 Å². The maximum Gasteiger partial charge on any atom is 0.251 e. The van der Waals surface area contributed by atoms with Crippen LogP contribution in [0.5, 0.6) is 11.5 Å². The number of halogens is 1. The van der Waals surface area contributed by atoms with Crippen LogP contribution in [0.4, 0.5) is 4.39 Å². The Balaban J connectivity index is 1.66. The van der Waals surface area contributed by atoms with Gasteiger partial charge in [-0.25, -0.2) is 9.37 Å². The number of benzene rings is 2. The van der Waals surface area contributed by atoms with E-state index in [0.717, 1.165) is 21.1 Å². The Hall–Kier alpha value is -2.93. The lowest BCUT2D eigenvalue weighted by Gasteiger charge is -2.08. The zero-order chi connectivity index (χ0) is 20.1. The first-order valence-electron chi connectivity index (χ1n) is 8.74. The van der Waals surface area contributed by atoms with Gasteiger partial charge in [-0.15, -0.1) is 11.3 Å². The van der Waals surface area contributed by atoms with E-state index in [1.165, 1.54) is 24.3 Å². The van der Waals surface area contributed by atoms with E-state index in [-0.39, 0.29) is 11.7 Å². The van der Waals surface area contributed by atoms with Crippen molar-refractivity contribution in [3.63, 3.8) is 0 Å². The van der Waals surface area contributed by atoms with Crippen molar-refractivity contribution in [2.75, 3.05) is 20.8 Å². The minimum atomic E-state index is -0.362. The number of aromatic nitrogens is 1. The van der Waals surface area contributed by atoms with E-state index < -0.39 is 0 Å². The highest BCUT2D eigenvalue weighted by Gasteiger charge is 2.13. The Bertz CT molecular complexity index is 970. The second kappa shape index (κ2) is 8.84. The van der Waals surface area contributed by atoms with Crippen LogP contribution in [0, 0.1) is 12.7 Å². The first kappa shape index (κ1) is 19.8. The number of thiazole rings is 1. The van der Waals surface area contributed by atoms with Crippen LogP contribution >= 0.6 is 11.3 Å². The quantitative estimate of drug-likeness (QED) is 0.644. The number of hydrogen-bond acceptors (Lipinski definition) is 5. The van der Waals surface area contributed by atoms with Crippen LogP contribution in [-0.4, -0.2) is 31.7 Å². The van der Waals surface area contributed by atoms with Gasteiger partial charge in [-0.05, 0) is 49.4 Å². The van der Waals surface area contributed by atoms with Crippen molar-refractivity contribution in [3.05, 3.63) is 64.4 Å². The summed E-state index contributed by atoms with van der Waals surface area (Å²) in [5.74, 6) is 0.742. The van der Waals surface area contributed by atoms with Gasteiger partial charge in [0, 0.05) is 29.0 Å². The number of carbonyl (C=O) groups excluding carboxylic acids is 1. The van der Waals surface area contributed by atoms with E-state index in [9.17, 15) is 9.18 Å². The molecule has 0 aliphatic carbocycles. The van der Waals surface area contributed by atoms with Gasteiger partial charge in [0.05, 0.1) is 19.9 Å². The summed E-state index contributed by atoms with van der Waals surface area (Å²) in [5, 5.41) is 3.74. The molecule has 0 unspecified atom stereocenters. The third-order valence-electron chi connectivity index (χ3n) is 4.27. The van der Waals surface area contributed by atoms with Gasteiger partial charge < -0.3 is 14.8 Å². The van der Waals surface area contributed by atoms with Gasteiger partial charge in [0.2, 0.25) is 0 Å². The first-order valence-corrected chi connectivity index (χ1v) is 9.56. The number of ether oxygens (including phenoxy) is 2. The van der Waals surface area contributed by atoms with E-state index >= 15 is 0 Å². The van der Waals surface area contributed by atoms with E-state index in [1.54, 1.807) is 25.6 Å². The van der Waals surface area contributed by atoms with Crippen LogP contribution in [0.15, 0.2) is 42.5 Å². The molecule has 146 valence electrons. The zero-order valence-electron chi connectivity index (χ0n) is 15.9. The smallest absolute Gasteiger partial charge is 0.251 e. The Morgan fingerprint density at radius 3 is 2.50 bits per heavy atom. The minimum Gasteiger partial charge on any atom is -0.493 e. The van der Waals surface area contributed by atoms with Crippen LogP contribution < -0.4 is 14.8 Å². The summed E-state index contributed by atoms with van der Waals surface area (Å²) < 4.78 is 23.6. The molecule has 0 saturated heterocycles. The van der Waals surface area contributed by atoms with Gasteiger partial charge in [0.15, 0.2) is 11.5 Å². The average molecular weight is 400 g/mol. The minimum absolute atomic E-state index is 0.220. The summed E-state index contributed by atoms with van der Waals surface area (Å²) in [7, 11) is 3.20. The molecule has 0 aliphatic rings. The molecule has 0 fully saturated rings. The van der Waals surface area contributed by atoms with Crippen molar-refractivity contribution in [3.8, 4) is 22.1 Å². The van der Waals surface area contributed by atoms with Gasteiger partial charge in [0.1, 0.15) is 10.8 Å². The molecule has 28 heavy (non-hydrogen) atoms. The molecule has 0 radical (unpaired) electrons. The zero-order valence-corrected chi connectivity index (χ0v) is 16.7. The molecule has 2 aromatic carbocycles. The van der Waals surface area contributed by atoms with Crippen molar-refractivity contribution in [2.45, 2.75) is 13.3 Å². The first-order chi connectivity index (χ1) is 13.5. The molecule has 3 rings (SSSR count). The predicted molar refractivity (Wildman–Crippen MR) is 108 cm³/mol. The lowest BCUT2D eigenvalue weighted by atomic mass is 10.2. The average Bonchev–Trinajstić information content (AvgIpc) is 3.08. The Labute approximate surface area is 167 Å². The van der Waals surface area contributed by atoms with Crippen molar-refractivity contribution < 1.29 is 18.7 Å². The molecule has 1 aromatic heterocycles. The molecule has 0 spiro atoms. The fraction of sp³-hybridized carbons (Fsp3) is 0.238. The summed E-state index contributed by atoms with van der Waals surface area (Å²) in [6, 6.07) is 11.2. The lowest BCUT2D eigenvalue weighted by Crippen LogP contribution is -2.25. The third kappa shape index (κ3) is 4.48. The maximum atomic E-state index is 12.9. The molecular weight excluding hydrogens is 379 g/mol. The number of aryl methyl sites for hydroxylation is 1.